The van der Waals surface area contributed by atoms with Crippen molar-refractivity contribution < 1.29 is 9.90 Å². The van der Waals surface area contributed by atoms with E-state index in [-0.39, 0.29) is 0 Å². The van der Waals surface area contributed by atoms with Crippen molar-refractivity contribution in [2.24, 2.45) is 0 Å². The maximum Gasteiger partial charge on any atom is 0.328 e. The quantitative estimate of drug-likeness (QED) is 0.731. The Balaban J connectivity index is 2.54. The van der Waals surface area contributed by atoms with Crippen LogP contribution in [0, 0.1) is 6.92 Å². The topological polar surface area (TPSA) is 66.0 Å². The van der Waals surface area contributed by atoms with Gasteiger partial charge in [-0.15, -0.1) is 0 Å². The Morgan fingerprint density at radius 3 is 3.13 bits per heavy atom. The average Bonchev–Trinajstić information content (AvgIpc) is 2.59. The summed E-state index contributed by atoms with van der Waals surface area (Å²) >= 11 is 0. The number of aryl methyl sites for hydroxylation is 1. The third-order valence-corrected chi connectivity index (χ3v) is 2.21. The van der Waals surface area contributed by atoms with Gasteiger partial charge in [0.2, 0.25) is 0 Å². The number of aromatic nitrogens is 2. The van der Waals surface area contributed by atoms with E-state index in [9.17, 15) is 4.79 Å². The van der Waals surface area contributed by atoms with Crippen LogP contribution in [0.25, 0.3) is 17.1 Å². The summed E-state index contributed by atoms with van der Waals surface area (Å²) in [6, 6.07) is 1.91. The largest absolute Gasteiger partial charge is 0.478 e. The monoisotopic (exact) mass is 202 g/mol. The highest BCUT2D eigenvalue weighted by Gasteiger charge is 2.03. The molecule has 0 unspecified atom stereocenters. The Bertz CT molecular complexity index is 541. The molecular weight excluding hydrogens is 192 g/mol. The van der Waals surface area contributed by atoms with E-state index in [1.807, 2.05) is 13.0 Å². The van der Waals surface area contributed by atoms with Crippen LogP contribution in [0.5, 0.6) is 0 Å². The molecular formula is C11H10N2O2. The maximum atomic E-state index is 10.4. The molecule has 0 saturated heterocycles. The summed E-state index contributed by atoms with van der Waals surface area (Å²) in [5.41, 5.74) is 3.63. The molecule has 2 heterocycles. The predicted molar refractivity (Wildman–Crippen MR) is 57.5 cm³/mol. The summed E-state index contributed by atoms with van der Waals surface area (Å²) in [5, 5.41) is 8.52. The number of fused-ring (bicyclic) bond motifs is 1. The number of rotatable bonds is 2. The number of carboxylic acids is 1. The normalized spacial score (nSPS) is 11.3. The molecule has 0 aromatic carbocycles. The molecule has 2 rings (SSSR count). The first kappa shape index (κ1) is 9.45. The summed E-state index contributed by atoms with van der Waals surface area (Å²) in [6.45, 7) is 1.98. The van der Waals surface area contributed by atoms with Gasteiger partial charge in [0.05, 0.1) is 11.0 Å². The molecule has 4 heteroatoms. The fraction of sp³-hybridized carbons (Fsp3) is 0.0909. The number of carboxylic acid groups (broad SMARTS) is 1. The standard InChI is InChI=1S/C11H10N2O2/c1-7-4-5-12-11-8(2-3-9(14)15)6-13-10(7)11/h2-6,13H,1H3,(H,14,15)/b3-2+. The lowest BCUT2D eigenvalue weighted by Gasteiger charge is -1.94. The van der Waals surface area contributed by atoms with Crippen LogP contribution in [0.1, 0.15) is 11.1 Å². The third kappa shape index (κ3) is 1.74. The number of pyridine rings is 1. The summed E-state index contributed by atoms with van der Waals surface area (Å²) in [7, 11) is 0. The van der Waals surface area contributed by atoms with Crippen molar-refractivity contribution in [3.05, 3.63) is 35.7 Å². The molecule has 0 aliphatic rings. The van der Waals surface area contributed by atoms with Gasteiger partial charge in [-0.2, -0.15) is 0 Å². The fourth-order valence-electron chi connectivity index (χ4n) is 1.47. The van der Waals surface area contributed by atoms with Crippen LogP contribution in [-0.4, -0.2) is 21.0 Å². The van der Waals surface area contributed by atoms with E-state index in [0.717, 1.165) is 28.2 Å². The first-order valence-corrected chi connectivity index (χ1v) is 4.52. The van der Waals surface area contributed by atoms with Gasteiger partial charge in [0.1, 0.15) is 0 Å². The molecule has 2 aromatic rings. The van der Waals surface area contributed by atoms with Crippen molar-refractivity contribution in [2.75, 3.05) is 0 Å². The third-order valence-electron chi connectivity index (χ3n) is 2.21. The number of nitrogens with one attached hydrogen (secondary N) is 1. The van der Waals surface area contributed by atoms with E-state index < -0.39 is 5.97 Å². The van der Waals surface area contributed by atoms with Gasteiger partial charge in [0.15, 0.2) is 0 Å². The predicted octanol–water partition coefficient (Wildman–Crippen LogP) is 1.97. The van der Waals surface area contributed by atoms with E-state index in [4.69, 9.17) is 5.11 Å². The summed E-state index contributed by atoms with van der Waals surface area (Å²) in [4.78, 5) is 17.7. The molecule has 2 aromatic heterocycles. The van der Waals surface area contributed by atoms with Gasteiger partial charge in [-0.3, -0.25) is 4.98 Å². The number of aliphatic carboxylic acids is 1. The highest BCUT2D eigenvalue weighted by Crippen LogP contribution is 2.19. The van der Waals surface area contributed by atoms with E-state index in [0.29, 0.717) is 0 Å². The molecule has 4 nitrogen and oxygen atoms in total. The van der Waals surface area contributed by atoms with E-state index in [1.165, 1.54) is 6.08 Å². The van der Waals surface area contributed by atoms with Crippen LogP contribution in [-0.2, 0) is 4.79 Å². The lowest BCUT2D eigenvalue weighted by atomic mass is 10.2. The lowest BCUT2D eigenvalue weighted by molar-refractivity contribution is -0.131. The van der Waals surface area contributed by atoms with Crippen LogP contribution in [0.4, 0.5) is 0 Å². The highest BCUT2D eigenvalue weighted by atomic mass is 16.4. The van der Waals surface area contributed by atoms with Gasteiger partial charge < -0.3 is 10.1 Å². The number of hydrogen-bond acceptors (Lipinski definition) is 2. The highest BCUT2D eigenvalue weighted by molar-refractivity contribution is 5.92. The minimum atomic E-state index is -0.961. The number of aromatic amines is 1. The van der Waals surface area contributed by atoms with Gasteiger partial charge in [0.25, 0.3) is 0 Å². The molecule has 0 amide bonds. The second-order valence-electron chi connectivity index (χ2n) is 3.27. The summed E-state index contributed by atoms with van der Waals surface area (Å²) in [5.74, 6) is -0.961. The second-order valence-corrected chi connectivity index (χ2v) is 3.27. The molecule has 0 radical (unpaired) electrons. The molecule has 15 heavy (non-hydrogen) atoms. The number of nitrogens with zero attached hydrogens (tertiary/aromatic N) is 1. The first-order chi connectivity index (χ1) is 7.18. The molecule has 0 bridgehead atoms. The molecule has 0 aliphatic carbocycles. The maximum absolute atomic E-state index is 10.4. The lowest BCUT2D eigenvalue weighted by Crippen LogP contribution is -1.85. The number of carbonyl (C=O) groups is 1. The molecule has 0 spiro atoms. The average molecular weight is 202 g/mol. The van der Waals surface area contributed by atoms with Crippen molar-refractivity contribution in [3.63, 3.8) is 0 Å². The minimum Gasteiger partial charge on any atom is -0.478 e. The first-order valence-electron chi connectivity index (χ1n) is 4.52. The Labute approximate surface area is 86.3 Å². The summed E-state index contributed by atoms with van der Waals surface area (Å²) in [6.07, 6.45) is 6.11. The van der Waals surface area contributed by atoms with Gasteiger partial charge in [-0.1, -0.05) is 0 Å². The summed E-state index contributed by atoms with van der Waals surface area (Å²) < 4.78 is 0. The van der Waals surface area contributed by atoms with Crippen LogP contribution in [0.15, 0.2) is 24.5 Å². The zero-order valence-electron chi connectivity index (χ0n) is 8.19. The molecule has 0 aliphatic heterocycles. The Morgan fingerprint density at radius 1 is 1.60 bits per heavy atom. The van der Waals surface area contributed by atoms with Crippen LogP contribution >= 0.6 is 0 Å². The van der Waals surface area contributed by atoms with Crippen LogP contribution in [0.3, 0.4) is 0 Å². The van der Waals surface area contributed by atoms with Gasteiger partial charge in [-0.25, -0.2) is 4.79 Å². The Kier molecular flexibility index (Phi) is 2.25. The molecule has 76 valence electrons. The minimum absolute atomic E-state index is 0.788. The van der Waals surface area contributed by atoms with Crippen molar-refractivity contribution in [2.45, 2.75) is 6.92 Å². The Hall–Kier alpha value is -2.10. The van der Waals surface area contributed by atoms with Gasteiger partial charge in [0, 0.05) is 24.0 Å². The van der Waals surface area contributed by atoms with Crippen LogP contribution in [0.2, 0.25) is 0 Å². The molecule has 0 fully saturated rings. The zero-order chi connectivity index (χ0) is 10.8. The number of H-pyrrole nitrogens is 1. The van der Waals surface area contributed by atoms with Gasteiger partial charge >= 0.3 is 5.97 Å². The van der Waals surface area contributed by atoms with Crippen molar-refractivity contribution in [1.82, 2.24) is 9.97 Å². The number of hydrogen-bond donors (Lipinski definition) is 2. The molecule has 0 saturated carbocycles. The van der Waals surface area contributed by atoms with Crippen molar-refractivity contribution >= 4 is 23.1 Å². The SMILES string of the molecule is Cc1ccnc2c(/C=C/C(=O)O)c[nH]c12. The van der Waals surface area contributed by atoms with E-state index in [1.54, 1.807) is 12.4 Å². The van der Waals surface area contributed by atoms with Gasteiger partial charge in [-0.05, 0) is 24.6 Å². The zero-order valence-corrected chi connectivity index (χ0v) is 8.19. The van der Waals surface area contributed by atoms with E-state index in [2.05, 4.69) is 9.97 Å². The second kappa shape index (κ2) is 3.57. The Morgan fingerprint density at radius 2 is 2.40 bits per heavy atom. The fourth-order valence-corrected chi connectivity index (χ4v) is 1.47. The smallest absolute Gasteiger partial charge is 0.328 e. The van der Waals surface area contributed by atoms with E-state index >= 15 is 0 Å². The van der Waals surface area contributed by atoms with Crippen LogP contribution < -0.4 is 0 Å². The molecule has 2 N–H and O–H groups in total. The van der Waals surface area contributed by atoms with Crippen molar-refractivity contribution in [1.29, 1.82) is 0 Å². The van der Waals surface area contributed by atoms with Crippen molar-refractivity contribution in [3.8, 4) is 0 Å². The molecule has 0 atom stereocenters.